The maximum Gasteiger partial charge on any atom is 0.0835 e. The van der Waals surface area contributed by atoms with Crippen molar-refractivity contribution < 1.29 is 5.11 Å². The van der Waals surface area contributed by atoms with Gasteiger partial charge in [-0.25, -0.2) is 0 Å². The van der Waals surface area contributed by atoms with Crippen molar-refractivity contribution in [1.29, 1.82) is 0 Å². The van der Waals surface area contributed by atoms with Crippen LogP contribution < -0.4 is 0 Å². The first-order valence-electron chi connectivity index (χ1n) is 4.34. The molecule has 1 unspecified atom stereocenters. The van der Waals surface area contributed by atoms with Crippen molar-refractivity contribution in [3.05, 3.63) is 40.8 Å². The second-order valence-electron chi connectivity index (χ2n) is 2.98. The molecule has 0 aliphatic rings. The van der Waals surface area contributed by atoms with E-state index < -0.39 is 6.10 Å². The van der Waals surface area contributed by atoms with Gasteiger partial charge in [-0.15, -0.1) is 0 Å². The minimum atomic E-state index is -0.458. The molecule has 1 aromatic rings. The lowest BCUT2D eigenvalue weighted by Gasteiger charge is -2.07. The molecule has 0 saturated carbocycles. The average molecular weight is 179 g/mol. The Bertz CT molecular complexity index is 248. The number of rotatable bonds is 5. The highest BCUT2D eigenvalue weighted by Crippen LogP contribution is 2.05. The lowest BCUT2D eigenvalue weighted by atomic mass is 10.1. The summed E-state index contributed by atoms with van der Waals surface area (Å²) in [5.74, 6) is 0. The minimum Gasteiger partial charge on any atom is -0.393 e. The van der Waals surface area contributed by atoms with Gasteiger partial charge < -0.3 is 5.11 Å². The first kappa shape index (κ1) is 9.86. The molecule has 0 aliphatic carbocycles. The maximum absolute atomic E-state index is 9.80. The van der Waals surface area contributed by atoms with Crippen LogP contribution in [-0.2, 0) is 6.42 Å². The fourth-order valence-corrected chi connectivity index (χ4v) is 1.19. The van der Waals surface area contributed by atoms with Crippen molar-refractivity contribution >= 4 is 0 Å². The average Bonchev–Trinajstić information content (AvgIpc) is 2.16. The predicted octanol–water partition coefficient (Wildman–Crippen LogP) is 1.75. The molecular formula is C10H13NO2. The molecule has 3 heteroatoms. The molecule has 13 heavy (non-hydrogen) atoms. The van der Waals surface area contributed by atoms with E-state index in [2.05, 4.69) is 5.18 Å². The van der Waals surface area contributed by atoms with Crippen molar-refractivity contribution in [2.45, 2.75) is 18.9 Å². The SMILES string of the molecule is O=NCCC(O)Cc1ccccc1. The van der Waals surface area contributed by atoms with E-state index in [4.69, 9.17) is 0 Å². The van der Waals surface area contributed by atoms with Crippen LogP contribution >= 0.6 is 0 Å². The van der Waals surface area contributed by atoms with Crippen molar-refractivity contribution in [1.82, 2.24) is 0 Å². The summed E-state index contributed by atoms with van der Waals surface area (Å²) in [5, 5.41) is 12.1. The number of aliphatic hydroxyl groups is 1. The summed E-state index contributed by atoms with van der Waals surface area (Å²) in [6, 6.07) is 9.71. The van der Waals surface area contributed by atoms with Crippen LogP contribution in [0.2, 0.25) is 0 Å². The molecular weight excluding hydrogens is 166 g/mol. The molecule has 0 heterocycles. The molecule has 0 fully saturated rings. The van der Waals surface area contributed by atoms with Crippen molar-refractivity contribution in [3.63, 3.8) is 0 Å². The number of nitroso groups, excluding NO2 is 1. The van der Waals surface area contributed by atoms with Crippen LogP contribution in [0.25, 0.3) is 0 Å². The molecule has 70 valence electrons. The van der Waals surface area contributed by atoms with Gasteiger partial charge in [-0.05, 0) is 18.4 Å². The van der Waals surface area contributed by atoms with E-state index in [-0.39, 0.29) is 6.54 Å². The van der Waals surface area contributed by atoms with Gasteiger partial charge in [0.05, 0.1) is 12.6 Å². The molecule has 1 rings (SSSR count). The lowest BCUT2D eigenvalue weighted by molar-refractivity contribution is 0.167. The van der Waals surface area contributed by atoms with Gasteiger partial charge in [0.1, 0.15) is 0 Å². The van der Waals surface area contributed by atoms with Crippen LogP contribution in [0.1, 0.15) is 12.0 Å². The summed E-state index contributed by atoms with van der Waals surface area (Å²) in [6.07, 6.45) is 0.578. The summed E-state index contributed by atoms with van der Waals surface area (Å²) in [5.41, 5.74) is 1.08. The Morgan fingerprint density at radius 1 is 1.31 bits per heavy atom. The van der Waals surface area contributed by atoms with E-state index in [0.717, 1.165) is 5.56 Å². The van der Waals surface area contributed by atoms with Crippen LogP contribution in [0.3, 0.4) is 0 Å². The second-order valence-corrected chi connectivity index (χ2v) is 2.98. The molecule has 1 N–H and O–H groups in total. The van der Waals surface area contributed by atoms with Gasteiger partial charge in [0.25, 0.3) is 0 Å². The molecule has 0 saturated heterocycles. The molecule has 1 atom stereocenters. The molecule has 3 nitrogen and oxygen atoms in total. The Hall–Kier alpha value is -1.22. The van der Waals surface area contributed by atoms with Crippen LogP contribution in [0, 0.1) is 4.91 Å². The number of aliphatic hydroxyl groups excluding tert-OH is 1. The normalized spacial score (nSPS) is 12.4. The van der Waals surface area contributed by atoms with Gasteiger partial charge in [0.2, 0.25) is 0 Å². The molecule has 0 aliphatic heterocycles. The fourth-order valence-electron chi connectivity index (χ4n) is 1.19. The zero-order valence-electron chi connectivity index (χ0n) is 7.39. The van der Waals surface area contributed by atoms with E-state index in [1.807, 2.05) is 30.3 Å². The Kier molecular flexibility index (Phi) is 4.12. The van der Waals surface area contributed by atoms with Gasteiger partial charge in [0, 0.05) is 0 Å². The zero-order valence-corrected chi connectivity index (χ0v) is 7.39. The summed E-state index contributed by atoms with van der Waals surface area (Å²) < 4.78 is 0. The molecule has 0 aromatic heterocycles. The molecule has 0 spiro atoms. The molecule has 1 aromatic carbocycles. The van der Waals surface area contributed by atoms with Gasteiger partial charge in [-0.2, -0.15) is 4.91 Å². The van der Waals surface area contributed by atoms with Crippen molar-refractivity contribution in [3.8, 4) is 0 Å². The number of nitrogens with zero attached hydrogens (tertiary/aromatic N) is 1. The fraction of sp³-hybridized carbons (Fsp3) is 0.400. The Labute approximate surface area is 77.4 Å². The highest BCUT2D eigenvalue weighted by atomic mass is 16.3. The van der Waals surface area contributed by atoms with E-state index >= 15 is 0 Å². The largest absolute Gasteiger partial charge is 0.393 e. The van der Waals surface area contributed by atoms with Crippen molar-refractivity contribution in [2.75, 3.05) is 6.54 Å². The third-order valence-electron chi connectivity index (χ3n) is 1.87. The second kappa shape index (κ2) is 5.43. The smallest absolute Gasteiger partial charge is 0.0835 e. The quantitative estimate of drug-likeness (QED) is 0.700. The minimum absolute atomic E-state index is 0.188. The number of benzene rings is 1. The van der Waals surface area contributed by atoms with Gasteiger partial charge in [0.15, 0.2) is 0 Å². The third kappa shape index (κ3) is 3.80. The topological polar surface area (TPSA) is 49.7 Å². The highest BCUT2D eigenvalue weighted by molar-refractivity contribution is 5.15. The first-order valence-corrected chi connectivity index (χ1v) is 4.34. The summed E-state index contributed by atoms with van der Waals surface area (Å²) >= 11 is 0. The van der Waals surface area contributed by atoms with Gasteiger partial charge in [-0.1, -0.05) is 35.5 Å². The Morgan fingerprint density at radius 3 is 2.62 bits per heavy atom. The van der Waals surface area contributed by atoms with Crippen LogP contribution in [0.15, 0.2) is 35.5 Å². The van der Waals surface area contributed by atoms with Crippen LogP contribution in [0.5, 0.6) is 0 Å². The van der Waals surface area contributed by atoms with E-state index in [0.29, 0.717) is 12.8 Å². The van der Waals surface area contributed by atoms with E-state index in [1.54, 1.807) is 0 Å². The van der Waals surface area contributed by atoms with Crippen LogP contribution in [-0.4, -0.2) is 17.8 Å². The first-order chi connectivity index (χ1) is 6.33. The summed E-state index contributed by atoms with van der Waals surface area (Å²) in [4.78, 5) is 9.80. The van der Waals surface area contributed by atoms with Gasteiger partial charge in [-0.3, -0.25) is 0 Å². The Balaban J connectivity index is 2.36. The molecule has 0 bridgehead atoms. The predicted molar refractivity (Wildman–Crippen MR) is 51.4 cm³/mol. The van der Waals surface area contributed by atoms with Crippen LogP contribution in [0.4, 0.5) is 0 Å². The maximum atomic E-state index is 9.80. The molecule has 0 radical (unpaired) electrons. The van der Waals surface area contributed by atoms with E-state index in [9.17, 15) is 10.0 Å². The number of hydrogen-bond donors (Lipinski definition) is 1. The summed E-state index contributed by atoms with van der Waals surface area (Å²) in [6.45, 7) is 0.188. The molecule has 0 amide bonds. The van der Waals surface area contributed by atoms with Gasteiger partial charge >= 0.3 is 0 Å². The lowest BCUT2D eigenvalue weighted by Crippen LogP contribution is -2.11. The summed E-state index contributed by atoms with van der Waals surface area (Å²) in [7, 11) is 0. The third-order valence-corrected chi connectivity index (χ3v) is 1.87. The highest BCUT2D eigenvalue weighted by Gasteiger charge is 2.04. The zero-order chi connectivity index (χ0) is 9.52. The standard InChI is InChI=1S/C10H13NO2/c12-10(6-7-11-13)8-9-4-2-1-3-5-9/h1-5,10,12H,6-8H2. The Morgan fingerprint density at radius 2 is 2.00 bits per heavy atom. The monoisotopic (exact) mass is 179 g/mol. The van der Waals surface area contributed by atoms with Crippen molar-refractivity contribution in [2.24, 2.45) is 5.18 Å². The number of hydrogen-bond acceptors (Lipinski definition) is 3. The van der Waals surface area contributed by atoms with E-state index in [1.165, 1.54) is 0 Å².